The zero-order valence-corrected chi connectivity index (χ0v) is 17.5. The quantitative estimate of drug-likeness (QED) is 0.533. The first-order valence-electron chi connectivity index (χ1n) is 10.3. The molecule has 9 heteroatoms. The second kappa shape index (κ2) is 8.35. The van der Waals surface area contributed by atoms with E-state index in [4.69, 9.17) is 9.72 Å². The van der Waals surface area contributed by atoms with Gasteiger partial charge in [-0.05, 0) is 55.0 Å². The molecule has 8 nitrogen and oxygen atoms in total. The van der Waals surface area contributed by atoms with Gasteiger partial charge in [-0.1, -0.05) is 0 Å². The van der Waals surface area contributed by atoms with E-state index in [1.807, 2.05) is 18.2 Å². The predicted octanol–water partition coefficient (Wildman–Crippen LogP) is 3.77. The molecule has 32 heavy (non-hydrogen) atoms. The molecule has 1 aromatic carbocycles. The van der Waals surface area contributed by atoms with Gasteiger partial charge in [-0.25, -0.2) is 23.7 Å². The fourth-order valence-corrected chi connectivity index (χ4v) is 3.74. The average Bonchev–Trinajstić information content (AvgIpc) is 3.21. The minimum absolute atomic E-state index is 0.219. The normalized spacial score (nSPS) is 14.0. The second-order valence-corrected chi connectivity index (χ2v) is 7.53. The van der Waals surface area contributed by atoms with E-state index in [-0.39, 0.29) is 11.8 Å². The van der Waals surface area contributed by atoms with Crippen LogP contribution >= 0.6 is 0 Å². The number of ether oxygens (including phenoxy) is 1. The van der Waals surface area contributed by atoms with Gasteiger partial charge in [-0.2, -0.15) is 5.10 Å². The largest absolute Gasteiger partial charge is 0.378 e. The molecule has 1 aliphatic rings. The van der Waals surface area contributed by atoms with Gasteiger partial charge >= 0.3 is 6.03 Å². The van der Waals surface area contributed by atoms with Crippen molar-refractivity contribution in [3.63, 3.8) is 0 Å². The zero-order chi connectivity index (χ0) is 22.1. The topological polar surface area (TPSA) is 84.7 Å². The lowest BCUT2D eigenvalue weighted by atomic mass is 10.0. The smallest absolute Gasteiger partial charge is 0.323 e. The highest BCUT2D eigenvalue weighted by Crippen LogP contribution is 2.33. The van der Waals surface area contributed by atoms with Crippen molar-refractivity contribution in [3.8, 4) is 22.5 Å². The molecular formula is C23H21FN6O2. The van der Waals surface area contributed by atoms with Crippen LogP contribution in [0.25, 0.3) is 28.2 Å². The summed E-state index contributed by atoms with van der Waals surface area (Å²) in [6.07, 6.45) is 3.31. The first kappa shape index (κ1) is 20.1. The lowest BCUT2D eigenvalue weighted by Crippen LogP contribution is -2.43. The molecular weight excluding hydrogens is 411 g/mol. The summed E-state index contributed by atoms with van der Waals surface area (Å²) >= 11 is 0. The van der Waals surface area contributed by atoms with Gasteiger partial charge in [0, 0.05) is 36.6 Å². The van der Waals surface area contributed by atoms with Crippen molar-refractivity contribution in [2.45, 2.75) is 6.92 Å². The van der Waals surface area contributed by atoms with Crippen molar-refractivity contribution in [1.82, 2.24) is 24.5 Å². The SMILES string of the molecule is Cc1cc(-c2nc3cccnn3c2-c2ccnc(NC(=O)N3CCOCC3)c2)ccc1F. The third kappa shape index (κ3) is 3.78. The standard InChI is InChI=1S/C23H21FN6O2/c1-15-13-16(4-5-18(15)24)21-22(30-20(28-21)3-2-7-26-30)17-6-8-25-19(14-17)27-23(31)29-9-11-32-12-10-29/h2-8,13-14H,9-12H2,1H3,(H,25,27,31). The van der Waals surface area contributed by atoms with Crippen molar-refractivity contribution < 1.29 is 13.9 Å². The first-order chi connectivity index (χ1) is 15.6. The number of aromatic nitrogens is 4. The van der Waals surface area contributed by atoms with Gasteiger partial charge in [0.15, 0.2) is 5.65 Å². The predicted molar refractivity (Wildman–Crippen MR) is 118 cm³/mol. The van der Waals surface area contributed by atoms with Crippen molar-refractivity contribution in [2.24, 2.45) is 0 Å². The second-order valence-electron chi connectivity index (χ2n) is 7.53. The number of aryl methyl sites for hydroxylation is 1. The molecule has 4 aromatic rings. The number of carbonyl (C=O) groups excluding carboxylic acids is 1. The van der Waals surface area contributed by atoms with Crippen LogP contribution < -0.4 is 5.32 Å². The molecule has 0 spiro atoms. The summed E-state index contributed by atoms with van der Waals surface area (Å²) in [4.78, 5) is 23.3. The van der Waals surface area contributed by atoms with E-state index in [1.165, 1.54) is 6.07 Å². The third-order valence-corrected chi connectivity index (χ3v) is 5.39. The number of hydrogen-bond donors (Lipinski definition) is 1. The molecule has 1 aliphatic heterocycles. The summed E-state index contributed by atoms with van der Waals surface area (Å²) in [5.41, 5.74) is 4.15. The molecule has 0 radical (unpaired) electrons. The Morgan fingerprint density at radius 3 is 2.75 bits per heavy atom. The Labute approximate surface area is 183 Å². The number of halogens is 1. The molecule has 5 rings (SSSR count). The first-order valence-corrected chi connectivity index (χ1v) is 10.3. The molecule has 1 saturated heterocycles. The maximum absolute atomic E-state index is 13.9. The molecule has 0 saturated carbocycles. The summed E-state index contributed by atoms with van der Waals surface area (Å²) in [6, 6.07) is 12.0. The van der Waals surface area contributed by atoms with E-state index < -0.39 is 0 Å². The van der Waals surface area contributed by atoms with Gasteiger partial charge in [-0.15, -0.1) is 0 Å². The van der Waals surface area contributed by atoms with Crippen molar-refractivity contribution in [3.05, 3.63) is 66.2 Å². The van der Waals surface area contributed by atoms with E-state index in [2.05, 4.69) is 15.4 Å². The number of rotatable bonds is 3. The Morgan fingerprint density at radius 2 is 1.94 bits per heavy atom. The highest BCUT2D eigenvalue weighted by Gasteiger charge is 2.20. The Bertz CT molecular complexity index is 1300. The van der Waals surface area contributed by atoms with Gasteiger partial charge in [0.2, 0.25) is 0 Å². The van der Waals surface area contributed by atoms with Crippen LogP contribution in [0, 0.1) is 12.7 Å². The number of morpholine rings is 1. The zero-order valence-electron chi connectivity index (χ0n) is 17.5. The van der Waals surface area contributed by atoms with Crippen LogP contribution in [0.1, 0.15) is 5.56 Å². The van der Waals surface area contributed by atoms with Crippen LogP contribution in [0.3, 0.4) is 0 Å². The average molecular weight is 432 g/mol. The molecule has 4 heterocycles. The summed E-state index contributed by atoms with van der Waals surface area (Å²) in [7, 11) is 0. The van der Waals surface area contributed by atoms with Crippen molar-refractivity contribution >= 4 is 17.5 Å². The van der Waals surface area contributed by atoms with E-state index in [0.29, 0.717) is 49.0 Å². The number of anilines is 1. The Kier molecular flexibility index (Phi) is 5.24. The Hall–Kier alpha value is -3.85. The number of benzene rings is 1. The third-order valence-electron chi connectivity index (χ3n) is 5.39. The summed E-state index contributed by atoms with van der Waals surface area (Å²) in [5, 5.41) is 7.32. The van der Waals surface area contributed by atoms with Crippen LogP contribution in [0.2, 0.25) is 0 Å². The molecule has 0 bridgehead atoms. The fourth-order valence-electron chi connectivity index (χ4n) is 3.74. The maximum atomic E-state index is 13.9. The van der Waals surface area contributed by atoms with Gasteiger partial charge in [0.05, 0.1) is 18.9 Å². The summed E-state index contributed by atoms with van der Waals surface area (Å²) in [5.74, 6) is 0.153. The number of nitrogens with zero attached hydrogens (tertiary/aromatic N) is 5. The Balaban J connectivity index is 1.56. The van der Waals surface area contributed by atoms with E-state index in [1.54, 1.807) is 46.9 Å². The van der Waals surface area contributed by atoms with Crippen LogP contribution in [-0.2, 0) is 4.74 Å². The molecule has 162 valence electrons. The monoisotopic (exact) mass is 432 g/mol. The lowest BCUT2D eigenvalue weighted by molar-refractivity contribution is 0.0564. The van der Waals surface area contributed by atoms with Gasteiger partial charge in [0.25, 0.3) is 0 Å². The number of urea groups is 1. The highest BCUT2D eigenvalue weighted by molar-refractivity contribution is 5.90. The lowest BCUT2D eigenvalue weighted by Gasteiger charge is -2.26. The molecule has 0 atom stereocenters. The maximum Gasteiger partial charge on any atom is 0.323 e. The highest BCUT2D eigenvalue weighted by atomic mass is 19.1. The summed E-state index contributed by atoms with van der Waals surface area (Å²) in [6.45, 7) is 3.84. The number of amides is 2. The van der Waals surface area contributed by atoms with Crippen molar-refractivity contribution in [1.29, 1.82) is 0 Å². The van der Waals surface area contributed by atoms with E-state index >= 15 is 0 Å². The molecule has 1 N–H and O–H groups in total. The molecule has 0 aliphatic carbocycles. The molecule has 1 fully saturated rings. The van der Waals surface area contributed by atoms with E-state index in [0.717, 1.165) is 16.8 Å². The molecule has 2 amide bonds. The number of fused-ring (bicyclic) bond motifs is 1. The number of pyridine rings is 1. The van der Waals surface area contributed by atoms with E-state index in [9.17, 15) is 9.18 Å². The van der Waals surface area contributed by atoms with Gasteiger partial charge in [0.1, 0.15) is 17.3 Å². The number of hydrogen-bond acceptors (Lipinski definition) is 5. The fraction of sp³-hybridized carbons (Fsp3) is 0.217. The number of nitrogens with one attached hydrogen (secondary N) is 1. The van der Waals surface area contributed by atoms with Crippen LogP contribution in [0.5, 0.6) is 0 Å². The minimum Gasteiger partial charge on any atom is -0.378 e. The Morgan fingerprint density at radius 1 is 1.09 bits per heavy atom. The van der Waals surface area contributed by atoms with Gasteiger partial charge < -0.3 is 9.64 Å². The van der Waals surface area contributed by atoms with Crippen LogP contribution in [-0.4, -0.2) is 56.8 Å². The number of carbonyl (C=O) groups is 1. The van der Waals surface area contributed by atoms with Crippen LogP contribution in [0.4, 0.5) is 15.0 Å². The van der Waals surface area contributed by atoms with Gasteiger partial charge in [-0.3, -0.25) is 5.32 Å². The molecule has 3 aromatic heterocycles. The molecule has 0 unspecified atom stereocenters. The minimum atomic E-state index is -0.269. The number of imidazole rings is 1. The van der Waals surface area contributed by atoms with Crippen molar-refractivity contribution in [2.75, 3.05) is 31.6 Å². The summed E-state index contributed by atoms with van der Waals surface area (Å²) < 4.78 is 20.9. The van der Waals surface area contributed by atoms with Crippen LogP contribution in [0.15, 0.2) is 54.9 Å².